The molecule has 1 fully saturated rings. The molecule has 0 radical (unpaired) electrons. The van der Waals surface area contributed by atoms with E-state index in [1.807, 2.05) is 6.07 Å². The van der Waals surface area contributed by atoms with E-state index in [2.05, 4.69) is 60.6 Å². The molecule has 4 heteroatoms. The van der Waals surface area contributed by atoms with Crippen molar-refractivity contribution in [2.75, 3.05) is 11.9 Å². The van der Waals surface area contributed by atoms with Crippen LogP contribution in [-0.4, -0.2) is 23.1 Å². The number of rotatable bonds is 3. The largest absolute Gasteiger partial charge is 0.357 e. The molecule has 1 unspecified atom stereocenters. The Morgan fingerprint density at radius 1 is 1.33 bits per heavy atom. The summed E-state index contributed by atoms with van der Waals surface area (Å²) in [4.78, 5) is 11.5. The number of nitrogens with zero attached hydrogens (tertiary/aromatic N) is 3. The molecule has 0 bridgehead atoms. The van der Waals surface area contributed by atoms with Crippen LogP contribution in [0.15, 0.2) is 10.7 Å². The molecule has 0 amide bonds. The van der Waals surface area contributed by atoms with Gasteiger partial charge in [-0.05, 0) is 41.6 Å². The Morgan fingerprint density at radius 3 is 2.44 bits per heavy atom. The van der Waals surface area contributed by atoms with Crippen LogP contribution < -0.4 is 4.90 Å². The third kappa shape index (κ3) is 3.02. The smallest absolute Gasteiger partial charge is 0.137 e. The van der Waals surface area contributed by atoms with Gasteiger partial charge in [-0.15, -0.1) is 0 Å². The average molecular weight is 312 g/mol. The molecule has 0 spiro atoms. The molecule has 1 aromatic heterocycles. The van der Waals surface area contributed by atoms with E-state index in [4.69, 9.17) is 4.98 Å². The minimum Gasteiger partial charge on any atom is -0.357 e. The van der Waals surface area contributed by atoms with Crippen molar-refractivity contribution in [3.8, 4) is 0 Å². The highest BCUT2D eigenvalue weighted by atomic mass is 79.9. The zero-order valence-corrected chi connectivity index (χ0v) is 13.5. The maximum absolute atomic E-state index is 4.72. The second kappa shape index (κ2) is 4.80. The number of anilines is 1. The molecular formula is C14H22BrN3. The van der Waals surface area contributed by atoms with Gasteiger partial charge in [-0.25, -0.2) is 9.97 Å². The van der Waals surface area contributed by atoms with E-state index in [1.54, 1.807) is 0 Å². The highest BCUT2D eigenvalue weighted by molar-refractivity contribution is 9.10. The van der Waals surface area contributed by atoms with Crippen molar-refractivity contribution in [3.63, 3.8) is 0 Å². The van der Waals surface area contributed by atoms with Gasteiger partial charge in [-0.3, -0.25) is 0 Å². The lowest BCUT2D eigenvalue weighted by Crippen LogP contribution is -2.32. The molecule has 1 heterocycles. The monoisotopic (exact) mass is 311 g/mol. The van der Waals surface area contributed by atoms with E-state index in [0.717, 1.165) is 22.2 Å². The summed E-state index contributed by atoms with van der Waals surface area (Å²) in [7, 11) is 2.13. The number of aromatic nitrogens is 2. The maximum Gasteiger partial charge on any atom is 0.137 e. The fourth-order valence-corrected chi connectivity index (χ4v) is 2.40. The number of halogens is 1. The highest BCUT2D eigenvalue weighted by Gasteiger charge is 2.31. The maximum atomic E-state index is 4.72. The predicted octanol–water partition coefficient (Wildman–Crippen LogP) is 3.77. The topological polar surface area (TPSA) is 29.0 Å². The molecule has 0 aromatic carbocycles. The third-order valence-corrected chi connectivity index (χ3v) is 4.03. The SMILES string of the molecule is CC(C1CC1)N(C)c1cc(Br)nc(C(C)(C)C)n1. The lowest BCUT2D eigenvalue weighted by molar-refractivity contribution is 0.537. The summed E-state index contributed by atoms with van der Waals surface area (Å²) in [6, 6.07) is 2.56. The number of hydrogen-bond acceptors (Lipinski definition) is 3. The molecule has 1 aliphatic carbocycles. The van der Waals surface area contributed by atoms with Gasteiger partial charge in [0.15, 0.2) is 0 Å². The van der Waals surface area contributed by atoms with Crippen molar-refractivity contribution in [2.24, 2.45) is 5.92 Å². The lowest BCUT2D eigenvalue weighted by Gasteiger charge is -2.27. The van der Waals surface area contributed by atoms with Crippen molar-refractivity contribution >= 4 is 21.7 Å². The zero-order valence-electron chi connectivity index (χ0n) is 11.9. The summed E-state index contributed by atoms with van der Waals surface area (Å²) in [6.07, 6.45) is 2.70. The van der Waals surface area contributed by atoms with Gasteiger partial charge in [0.05, 0.1) is 0 Å². The van der Waals surface area contributed by atoms with Gasteiger partial charge in [0.2, 0.25) is 0 Å². The molecule has 0 aliphatic heterocycles. The molecule has 1 aliphatic rings. The Bertz CT molecular complexity index is 435. The van der Waals surface area contributed by atoms with Crippen LogP contribution in [-0.2, 0) is 5.41 Å². The van der Waals surface area contributed by atoms with Gasteiger partial charge in [0.25, 0.3) is 0 Å². The van der Waals surface area contributed by atoms with Gasteiger partial charge in [0.1, 0.15) is 16.2 Å². The second-order valence-electron chi connectivity index (χ2n) is 6.31. The fraction of sp³-hybridized carbons (Fsp3) is 0.714. The minimum atomic E-state index is -0.0256. The normalized spacial score (nSPS) is 17.7. The van der Waals surface area contributed by atoms with Crippen molar-refractivity contribution in [3.05, 3.63) is 16.5 Å². The van der Waals surface area contributed by atoms with Gasteiger partial charge < -0.3 is 4.90 Å². The van der Waals surface area contributed by atoms with Gasteiger partial charge >= 0.3 is 0 Å². The van der Waals surface area contributed by atoms with Crippen molar-refractivity contribution in [1.82, 2.24) is 9.97 Å². The van der Waals surface area contributed by atoms with Crippen molar-refractivity contribution in [2.45, 2.75) is 52.0 Å². The highest BCUT2D eigenvalue weighted by Crippen LogP contribution is 2.36. The van der Waals surface area contributed by atoms with Crippen molar-refractivity contribution < 1.29 is 0 Å². The molecule has 0 N–H and O–H groups in total. The molecule has 1 saturated carbocycles. The van der Waals surface area contributed by atoms with Crippen LogP contribution in [0.25, 0.3) is 0 Å². The van der Waals surface area contributed by atoms with E-state index in [9.17, 15) is 0 Å². The van der Waals surface area contributed by atoms with Crippen LogP contribution >= 0.6 is 15.9 Å². The van der Waals surface area contributed by atoms with Crippen LogP contribution in [0, 0.1) is 5.92 Å². The molecule has 100 valence electrons. The fourth-order valence-electron chi connectivity index (χ4n) is 2.03. The summed E-state index contributed by atoms with van der Waals surface area (Å²) in [6.45, 7) is 8.71. The predicted molar refractivity (Wildman–Crippen MR) is 79.0 cm³/mol. The first-order valence-corrected chi connectivity index (χ1v) is 7.36. The van der Waals surface area contributed by atoms with E-state index >= 15 is 0 Å². The van der Waals surface area contributed by atoms with Crippen LogP contribution in [0.3, 0.4) is 0 Å². The Kier molecular flexibility index (Phi) is 3.67. The van der Waals surface area contributed by atoms with Gasteiger partial charge in [-0.2, -0.15) is 0 Å². The molecule has 1 atom stereocenters. The summed E-state index contributed by atoms with van der Waals surface area (Å²) in [5.41, 5.74) is -0.0256. The molecule has 2 rings (SSSR count). The minimum absolute atomic E-state index is 0.0256. The van der Waals surface area contributed by atoms with E-state index in [-0.39, 0.29) is 5.41 Å². The Morgan fingerprint density at radius 2 is 1.94 bits per heavy atom. The first-order chi connectivity index (χ1) is 8.29. The standard InChI is InChI=1S/C14H22BrN3/c1-9(10-6-7-10)18(5)12-8-11(15)16-13(17-12)14(2,3)4/h8-10H,6-7H2,1-5H3. The van der Waals surface area contributed by atoms with E-state index < -0.39 is 0 Å². The molecule has 1 aromatic rings. The molecular weight excluding hydrogens is 290 g/mol. The van der Waals surface area contributed by atoms with Crippen LogP contribution in [0.2, 0.25) is 0 Å². The first kappa shape index (κ1) is 13.8. The van der Waals surface area contributed by atoms with Crippen LogP contribution in [0.4, 0.5) is 5.82 Å². The van der Waals surface area contributed by atoms with Crippen LogP contribution in [0.5, 0.6) is 0 Å². The second-order valence-corrected chi connectivity index (χ2v) is 7.12. The third-order valence-electron chi connectivity index (χ3n) is 3.63. The summed E-state index contributed by atoms with van der Waals surface area (Å²) in [5, 5.41) is 0. The molecule has 18 heavy (non-hydrogen) atoms. The van der Waals surface area contributed by atoms with Gasteiger partial charge in [-0.1, -0.05) is 20.8 Å². The summed E-state index contributed by atoms with van der Waals surface area (Å²) >= 11 is 3.50. The Labute approximate surface area is 118 Å². The summed E-state index contributed by atoms with van der Waals surface area (Å²) in [5.74, 6) is 2.74. The van der Waals surface area contributed by atoms with Gasteiger partial charge in [0, 0.05) is 24.6 Å². The van der Waals surface area contributed by atoms with E-state index in [1.165, 1.54) is 12.8 Å². The quantitative estimate of drug-likeness (QED) is 0.796. The van der Waals surface area contributed by atoms with Crippen molar-refractivity contribution in [1.29, 1.82) is 0 Å². The molecule has 0 saturated heterocycles. The molecule has 3 nitrogen and oxygen atoms in total. The number of hydrogen-bond donors (Lipinski definition) is 0. The zero-order chi connectivity index (χ0) is 13.5. The average Bonchev–Trinajstić information content (AvgIpc) is 3.08. The van der Waals surface area contributed by atoms with E-state index in [0.29, 0.717) is 6.04 Å². The lowest BCUT2D eigenvalue weighted by atomic mass is 9.96. The Hall–Kier alpha value is -0.640. The summed E-state index contributed by atoms with van der Waals surface area (Å²) < 4.78 is 0.868. The first-order valence-electron chi connectivity index (χ1n) is 6.57. The Balaban J connectivity index is 2.29. The van der Waals surface area contributed by atoms with Crippen LogP contribution in [0.1, 0.15) is 46.4 Å².